The summed E-state index contributed by atoms with van der Waals surface area (Å²) in [6.45, 7) is 5.45. The van der Waals surface area contributed by atoms with Crippen LogP contribution in [0.1, 0.15) is 23.9 Å². The maximum absolute atomic E-state index is 14.6. The molecule has 3 N–H and O–H groups in total. The summed E-state index contributed by atoms with van der Waals surface area (Å²) in [7, 11) is 0. The second-order valence-electron chi connectivity index (χ2n) is 7.15. The predicted octanol–water partition coefficient (Wildman–Crippen LogP) is 1.57. The molecular formula is C19H24F2N2O4. The molecule has 1 aromatic heterocycles. The summed E-state index contributed by atoms with van der Waals surface area (Å²) < 4.78 is 34.2. The number of benzene rings is 1. The average molecular weight is 382 g/mol. The number of aliphatic hydroxyl groups excluding tert-OH is 3. The Bertz CT molecular complexity index is 784. The number of likely N-dealkylation sites (tertiary alicyclic amines) is 1. The molecule has 0 spiro atoms. The first-order valence-corrected chi connectivity index (χ1v) is 8.90. The highest BCUT2D eigenvalue weighted by Crippen LogP contribution is 2.30. The number of aliphatic hydroxyl groups is 3. The van der Waals surface area contributed by atoms with Gasteiger partial charge >= 0.3 is 0 Å². The van der Waals surface area contributed by atoms with Gasteiger partial charge in [-0.15, -0.1) is 0 Å². The lowest BCUT2D eigenvalue weighted by atomic mass is 9.94. The molecule has 0 saturated carbocycles. The molecule has 3 rings (SSSR count). The number of halogens is 2. The van der Waals surface area contributed by atoms with Crippen LogP contribution in [-0.2, 0) is 6.42 Å². The minimum Gasteiger partial charge on any atom is -0.389 e. The molecule has 0 aliphatic carbocycles. The molecule has 2 heterocycles. The third-order valence-corrected chi connectivity index (χ3v) is 5.35. The van der Waals surface area contributed by atoms with E-state index in [1.807, 2.05) is 0 Å². The van der Waals surface area contributed by atoms with Crippen LogP contribution >= 0.6 is 0 Å². The minimum absolute atomic E-state index is 0.0622. The fraction of sp³-hybridized carbons (Fsp3) is 0.526. The number of hydrogen-bond acceptors (Lipinski definition) is 6. The molecule has 1 aliphatic heterocycles. The second-order valence-corrected chi connectivity index (χ2v) is 7.15. The van der Waals surface area contributed by atoms with Crippen molar-refractivity contribution in [1.29, 1.82) is 0 Å². The van der Waals surface area contributed by atoms with E-state index in [2.05, 4.69) is 5.16 Å². The number of aromatic nitrogens is 1. The standard InChI is InChI=1S/C19H24F2N2O4/c1-9-17(11(3)27-22-9)12-6-14(20)13(15(21)7-12)4-5-23-8-16(24)19(26)18(25)10(23)2/h6-7,10,16,18-19,24-26H,4-5,8H2,1-3H3/t10-,16+,18-,19-/m1/s1. The normalized spacial score (nSPS) is 26.5. The van der Waals surface area contributed by atoms with E-state index in [4.69, 9.17) is 4.52 Å². The van der Waals surface area contributed by atoms with Gasteiger partial charge < -0.3 is 19.8 Å². The van der Waals surface area contributed by atoms with Crippen molar-refractivity contribution in [2.24, 2.45) is 0 Å². The SMILES string of the molecule is Cc1noc(C)c1-c1cc(F)c(CCN2C[C@H](O)[C@@H](O)[C@H](O)[C@H]2C)c(F)c1. The van der Waals surface area contributed by atoms with E-state index in [0.717, 1.165) is 0 Å². The van der Waals surface area contributed by atoms with Crippen LogP contribution in [-0.4, -0.2) is 62.8 Å². The summed E-state index contributed by atoms with van der Waals surface area (Å²) >= 11 is 0. The second kappa shape index (κ2) is 7.63. The van der Waals surface area contributed by atoms with E-state index >= 15 is 0 Å². The van der Waals surface area contributed by atoms with Crippen molar-refractivity contribution in [1.82, 2.24) is 10.1 Å². The Kier molecular flexibility index (Phi) is 5.62. The topological polar surface area (TPSA) is 90.0 Å². The van der Waals surface area contributed by atoms with Crippen molar-refractivity contribution in [3.8, 4) is 11.1 Å². The molecule has 4 atom stereocenters. The first-order chi connectivity index (χ1) is 12.7. The Labute approximate surface area is 156 Å². The maximum Gasteiger partial charge on any atom is 0.141 e. The quantitative estimate of drug-likeness (QED) is 0.744. The maximum atomic E-state index is 14.6. The van der Waals surface area contributed by atoms with E-state index in [9.17, 15) is 24.1 Å². The van der Waals surface area contributed by atoms with Gasteiger partial charge in [0, 0.05) is 30.3 Å². The molecule has 2 aromatic rings. The Morgan fingerprint density at radius 2 is 1.78 bits per heavy atom. The van der Waals surface area contributed by atoms with Gasteiger partial charge in [-0.3, -0.25) is 4.90 Å². The van der Waals surface area contributed by atoms with E-state index in [0.29, 0.717) is 22.6 Å². The summed E-state index contributed by atoms with van der Waals surface area (Å²) in [5.74, 6) is -0.852. The van der Waals surface area contributed by atoms with Crippen LogP contribution in [0.3, 0.4) is 0 Å². The molecule has 0 amide bonds. The molecule has 27 heavy (non-hydrogen) atoms. The van der Waals surface area contributed by atoms with Gasteiger partial charge in [0.25, 0.3) is 0 Å². The highest BCUT2D eigenvalue weighted by atomic mass is 19.1. The van der Waals surface area contributed by atoms with Gasteiger partial charge in [-0.05, 0) is 44.9 Å². The zero-order valence-electron chi connectivity index (χ0n) is 15.5. The van der Waals surface area contributed by atoms with Crippen molar-refractivity contribution in [3.05, 3.63) is 40.8 Å². The lowest BCUT2D eigenvalue weighted by Crippen LogP contribution is -2.60. The smallest absolute Gasteiger partial charge is 0.141 e. The fourth-order valence-electron chi connectivity index (χ4n) is 3.68. The third kappa shape index (κ3) is 3.75. The van der Waals surface area contributed by atoms with E-state index in [-0.39, 0.29) is 25.1 Å². The van der Waals surface area contributed by atoms with E-state index in [1.165, 1.54) is 12.1 Å². The van der Waals surface area contributed by atoms with Gasteiger partial charge in [0.2, 0.25) is 0 Å². The lowest BCUT2D eigenvalue weighted by molar-refractivity contribution is -0.132. The summed E-state index contributed by atoms with van der Waals surface area (Å²) in [4.78, 5) is 1.71. The molecule has 1 fully saturated rings. The molecule has 0 unspecified atom stereocenters. The van der Waals surface area contributed by atoms with E-state index in [1.54, 1.807) is 25.7 Å². The number of rotatable bonds is 4. The number of aryl methyl sites for hydroxylation is 2. The van der Waals surface area contributed by atoms with Crippen molar-refractivity contribution in [2.45, 2.75) is 51.5 Å². The molecule has 0 radical (unpaired) electrons. The van der Waals surface area contributed by atoms with Gasteiger partial charge in [-0.2, -0.15) is 0 Å². The highest BCUT2D eigenvalue weighted by Gasteiger charge is 2.38. The number of β-amino-alcohol motifs (C(OH)–C–C–N with tert-alkyl or cyclic N) is 1. The van der Waals surface area contributed by atoms with Crippen molar-refractivity contribution in [2.75, 3.05) is 13.1 Å². The van der Waals surface area contributed by atoms with Crippen LogP contribution in [0.4, 0.5) is 8.78 Å². The minimum atomic E-state index is -1.22. The fourth-order valence-corrected chi connectivity index (χ4v) is 3.68. The van der Waals surface area contributed by atoms with E-state index < -0.39 is 36.0 Å². The van der Waals surface area contributed by atoms with Crippen LogP contribution in [0, 0.1) is 25.5 Å². The van der Waals surface area contributed by atoms with Crippen LogP contribution in [0.25, 0.3) is 11.1 Å². The first-order valence-electron chi connectivity index (χ1n) is 8.90. The summed E-state index contributed by atoms with van der Waals surface area (Å²) in [6, 6.07) is 2.09. The molecule has 6 nitrogen and oxygen atoms in total. The summed E-state index contributed by atoms with van der Waals surface area (Å²) in [6.07, 6.45) is -3.38. The lowest BCUT2D eigenvalue weighted by Gasteiger charge is -2.42. The van der Waals surface area contributed by atoms with Crippen molar-refractivity contribution < 1.29 is 28.6 Å². The zero-order chi connectivity index (χ0) is 19.9. The van der Waals surface area contributed by atoms with Gasteiger partial charge in [-0.25, -0.2) is 8.78 Å². The summed E-state index contributed by atoms with van der Waals surface area (Å²) in [5.41, 5.74) is 1.44. The molecule has 1 aromatic carbocycles. The highest BCUT2D eigenvalue weighted by molar-refractivity contribution is 5.68. The molecule has 1 saturated heterocycles. The number of hydrogen-bond donors (Lipinski definition) is 3. The Balaban J connectivity index is 1.78. The number of nitrogens with zero attached hydrogens (tertiary/aromatic N) is 2. The number of piperidine rings is 1. The first kappa shape index (κ1) is 19.9. The third-order valence-electron chi connectivity index (χ3n) is 5.35. The zero-order valence-corrected chi connectivity index (χ0v) is 15.5. The van der Waals surface area contributed by atoms with Crippen LogP contribution in [0.5, 0.6) is 0 Å². The molecule has 0 bridgehead atoms. The Morgan fingerprint density at radius 1 is 1.15 bits per heavy atom. The van der Waals surface area contributed by atoms with Gasteiger partial charge in [-0.1, -0.05) is 5.16 Å². The van der Waals surface area contributed by atoms with Crippen LogP contribution in [0.2, 0.25) is 0 Å². The summed E-state index contributed by atoms with van der Waals surface area (Å²) in [5, 5.41) is 33.3. The van der Waals surface area contributed by atoms with Gasteiger partial charge in [0.05, 0.1) is 17.9 Å². The van der Waals surface area contributed by atoms with Gasteiger partial charge in [0.1, 0.15) is 23.5 Å². The van der Waals surface area contributed by atoms with Crippen molar-refractivity contribution in [3.63, 3.8) is 0 Å². The molecule has 8 heteroatoms. The molecular weight excluding hydrogens is 358 g/mol. The van der Waals surface area contributed by atoms with Gasteiger partial charge in [0.15, 0.2) is 0 Å². The molecule has 148 valence electrons. The molecule has 1 aliphatic rings. The Morgan fingerprint density at radius 3 is 2.33 bits per heavy atom. The van der Waals surface area contributed by atoms with Crippen LogP contribution in [0.15, 0.2) is 16.7 Å². The average Bonchev–Trinajstić information content (AvgIpc) is 2.95. The van der Waals surface area contributed by atoms with Crippen LogP contribution < -0.4 is 0 Å². The monoisotopic (exact) mass is 382 g/mol. The predicted molar refractivity (Wildman–Crippen MR) is 94.1 cm³/mol. The Hall–Kier alpha value is -1.87. The van der Waals surface area contributed by atoms with Crippen molar-refractivity contribution >= 4 is 0 Å². The largest absolute Gasteiger partial charge is 0.389 e.